The largest absolute Gasteiger partial charge is 0.416 e. The van der Waals surface area contributed by atoms with E-state index in [4.69, 9.17) is 5.73 Å². The number of carbonyl (C=O) groups excluding carboxylic acids is 1. The van der Waals surface area contributed by atoms with Crippen molar-refractivity contribution in [3.05, 3.63) is 101 Å². The van der Waals surface area contributed by atoms with Crippen molar-refractivity contribution in [2.45, 2.75) is 32.0 Å². The average Bonchev–Trinajstić information content (AvgIpc) is 2.75. The number of rotatable bonds is 8. The van der Waals surface area contributed by atoms with Gasteiger partial charge in [-0.05, 0) is 66.8 Å². The van der Waals surface area contributed by atoms with Gasteiger partial charge in [-0.2, -0.15) is 13.2 Å². The highest BCUT2D eigenvalue weighted by Crippen LogP contribution is 2.31. The first kappa shape index (κ1) is 23.3. The molecule has 0 radical (unpaired) electrons. The number of nitrogens with two attached hydrogens (primary N) is 1. The van der Waals surface area contributed by atoms with Crippen molar-refractivity contribution in [1.82, 2.24) is 0 Å². The lowest BCUT2D eigenvalue weighted by Crippen LogP contribution is -2.39. The summed E-state index contributed by atoms with van der Waals surface area (Å²) in [5.74, 6) is -0.901. The van der Waals surface area contributed by atoms with E-state index in [-0.39, 0.29) is 5.82 Å². The number of amides is 1. The van der Waals surface area contributed by atoms with Crippen LogP contribution in [-0.2, 0) is 17.4 Å². The van der Waals surface area contributed by atoms with Gasteiger partial charge >= 0.3 is 6.18 Å². The number of hydrogen-bond acceptors (Lipinski definition) is 2. The minimum atomic E-state index is -4.37. The Kier molecular flexibility index (Phi) is 7.18. The van der Waals surface area contributed by atoms with Gasteiger partial charge < -0.3 is 10.6 Å². The molecule has 3 aromatic carbocycles. The van der Waals surface area contributed by atoms with Gasteiger partial charge in [0.2, 0.25) is 5.91 Å². The second-order valence-electron chi connectivity index (χ2n) is 7.64. The average molecular weight is 444 g/mol. The summed E-state index contributed by atoms with van der Waals surface area (Å²) in [7, 11) is 0. The van der Waals surface area contributed by atoms with Gasteiger partial charge in [0.05, 0.1) is 5.56 Å². The number of primary amides is 1. The molecule has 0 unspecified atom stereocenters. The van der Waals surface area contributed by atoms with E-state index in [2.05, 4.69) is 0 Å². The molecular formula is C25H24F4N2O. The van der Waals surface area contributed by atoms with Crippen molar-refractivity contribution in [2.75, 3.05) is 11.4 Å². The molecule has 168 valence electrons. The molecule has 7 heteroatoms. The third-order valence-corrected chi connectivity index (χ3v) is 5.32. The number of alkyl halides is 3. The fraction of sp³-hybridized carbons (Fsp3) is 0.240. The lowest BCUT2D eigenvalue weighted by atomic mass is 10.0. The molecule has 0 aromatic heterocycles. The van der Waals surface area contributed by atoms with Gasteiger partial charge in [0.15, 0.2) is 0 Å². The molecule has 0 saturated heterocycles. The van der Waals surface area contributed by atoms with Crippen LogP contribution >= 0.6 is 0 Å². The zero-order valence-electron chi connectivity index (χ0n) is 17.6. The normalized spacial score (nSPS) is 12.4. The number of benzene rings is 3. The van der Waals surface area contributed by atoms with Crippen LogP contribution in [-0.4, -0.2) is 12.5 Å². The molecule has 0 fully saturated rings. The van der Waals surface area contributed by atoms with Gasteiger partial charge in [-0.25, -0.2) is 4.39 Å². The minimum Gasteiger partial charge on any atom is -0.368 e. The maximum Gasteiger partial charge on any atom is 0.416 e. The third-order valence-electron chi connectivity index (χ3n) is 5.32. The van der Waals surface area contributed by atoms with Gasteiger partial charge in [-0.1, -0.05) is 42.5 Å². The monoisotopic (exact) mass is 444 g/mol. The molecule has 0 bridgehead atoms. The fourth-order valence-electron chi connectivity index (χ4n) is 3.66. The number of halogens is 4. The van der Waals surface area contributed by atoms with Crippen LogP contribution in [0.3, 0.4) is 0 Å². The molecule has 0 heterocycles. The highest BCUT2D eigenvalue weighted by molar-refractivity contribution is 5.85. The smallest absolute Gasteiger partial charge is 0.368 e. The van der Waals surface area contributed by atoms with E-state index in [9.17, 15) is 22.4 Å². The van der Waals surface area contributed by atoms with Crippen LogP contribution in [0.5, 0.6) is 0 Å². The molecule has 0 aliphatic rings. The van der Waals surface area contributed by atoms with E-state index in [1.54, 1.807) is 31.2 Å². The zero-order valence-corrected chi connectivity index (χ0v) is 17.6. The molecule has 2 N–H and O–H groups in total. The van der Waals surface area contributed by atoms with Crippen molar-refractivity contribution in [1.29, 1.82) is 0 Å². The highest BCUT2D eigenvalue weighted by atomic mass is 19.4. The van der Waals surface area contributed by atoms with E-state index in [0.717, 1.165) is 17.7 Å². The Morgan fingerprint density at radius 1 is 1.00 bits per heavy atom. The quantitative estimate of drug-likeness (QED) is 0.445. The summed E-state index contributed by atoms with van der Waals surface area (Å²) >= 11 is 0. The summed E-state index contributed by atoms with van der Waals surface area (Å²) in [6.07, 6.45) is -3.31. The lowest BCUT2D eigenvalue weighted by Gasteiger charge is -2.32. The Morgan fingerprint density at radius 3 is 2.22 bits per heavy atom. The summed E-state index contributed by atoms with van der Waals surface area (Å²) in [5, 5.41) is 0. The van der Waals surface area contributed by atoms with Crippen molar-refractivity contribution >= 4 is 11.6 Å². The standard InChI is InChI=1S/C25H24F4N2O/c1-17-16-21(13-14-22(17)26)31(23(24(30)32)19-7-3-2-4-8-19)15-5-6-18-9-11-20(12-10-18)25(27,28)29/h2-4,7-14,16,23H,5-6,15H2,1H3,(H2,30,32)/t23-/m0/s1. The number of carbonyl (C=O) groups is 1. The predicted molar refractivity (Wildman–Crippen MR) is 117 cm³/mol. The Balaban J connectivity index is 1.84. The third kappa shape index (κ3) is 5.66. The van der Waals surface area contributed by atoms with Gasteiger partial charge in [0.25, 0.3) is 0 Å². The number of hydrogen-bond donors (Lipinski definition) is 1. The molecule has 1 amide bonds. The van der Waals surface area contributed by atoms with Crippen LogP contribution in [0, 0.1) is 12.7 Å². The molecule has 32 heavy (non-hydrogen) atoms. The van der Waals surface area contributed by atoms with E-state index in [0.29, 0.717) is 36.2 Å². The first-order chi connectivity index (χ1) is 15.2. The van der Waals surface area contributed by atoms with Crippen LogP contribution in [0.15, 0.2) is 72.8 Å². The van der Waals surface area contributed by atoms with Crippen LogP contribution in [0.25, 0.3) is 0 Å². The van der Waals surface area contributed by atoms with Gasteiger partial charge in [-0.3, -0.25) is 4.79 Å². The molecule has 0 aliphatic carbocycles. The van der Waals surface area contributed by atoms with Crippen molar-refractivity contribution < 1.29 is 22.4 Å². The molecule has 1 atom stereocenters. The Bertz CT molecular complexity index is 1050. The van der Waals surface area contributed by atoms with Crippen LogP contribution in [0.2, 0.25) is 0 Å². The molecule has 0 aliphatic heterocycles. The van der Waals surface area contributed by atoms with Gasteiger partial charge in [0, 0.05) is 12.2 Å². The minimum absolute atomic E-state index is 0.353. The molecule has 0 spiro atoms. The Hall–Kier alpha value is -3.35. The first-order valence-corrected chi connectivity index (χ1v) is 10.2. The fourth-order valence-corrected chi connectivity index (χ4v) is 3.66. The summed E-state index contributed by atoms with van der Waals surface area (Å²) in [6, 6.07) is 17.9. The topological polar surface area (TPSA) is 46.3 Å². The second kappa shape index (κ2) is 9.85. The Morgan fingerprint density at radius 2 is 1.66 bits per heavy atom. The maximum atomic E-state index is 13.8. The molecule has 3 aromatic rings. The number of aryl methyl sites for hydroxylation is 2. The highest BCUT2D eigenvalue weighted by Gasteiger charge is 2.30. The SMILES string of the molecule is Cc1cc(N(CCCc2ccc(C(F)(F)F)cc2)[C@H](C(N)=O)c2ccccc2)ccc1F. The summed E-state index contributed by atoms with van der Waals surface area (Å²) in [5.41, 5.74) is 7.60. The summed E-state index contributed by atoms with van der Waals surface area (Å²) in [4.78, 5) is 14.2. The summed E-state index contributed by atoms with van der Waals surface area (Å²) < 4.78 is 52.2. The predicted octanol–water partition coefficient (Wildman–Crippen LogP) is 5.82. The molecule has 3 nitrogen and oxygen atoms in total. The van der Waals surface area contributed by atoms with Crippen LogP contribution in [0.4, 0.5) is 23.2 Å². The lowest BCUT2D eigenvalue weighted by molar-refractivity contribution is -0.137. The zero-order chi connectivity index (χ0) is 23.3. The maximum absolute atomic E-state index is 13.8. The van der Waals surface area contributed by atoms with E-state index < -0.39 is 23.7 Å². The van der Waals surface area contributed by atoms with E-state index >= 15 is 0 Å². The number of anilines is 1. The van der Waals surface area contributed by atoms with Crippen LogP contribution < -0.4 is 10.6 Å². The van der Waals surface area contributed by atoms with E-state index in [1.165, 1.54) is 18.2 Å². The van der Waals surface area contributed by atoms with Gasteiger partial charge in [0.1, 0.15) is 11.9 Å². The first-order valence-electron chi connectivity index (χ1n) is 10.2. The second-order valence-corrected chi connectivity index (χ2v) is 7.64. The number of nitrogens with zero attached hydrogens (tertiary/aromatic N) is 1. The molecule has 0 saturated carbocycles. The van der Waals surface area contributed by atoms with Crippen molar-refractivity contribution in [2.24, 2.45) is 5.73 Å². The van der Waals surface area contributed by atoms with Crippen molar-refractivity contribution in [3.8, 4) is 0 Å². The summed E-state index contributed by atoms with van der Waals surface area (Å²) in [6.45, 7) is 2.04. The van der Waals surface area contributed by atoms with Crippen LogP contribution in [0.1, 0.15) is 34.7 Å². The molecular weight excluding hydrogens is 420 g/mol. The Labute approximate surface area is 184 Å². The van der Waals surface area contributed by atoms with E-state index in [1.807, 2.05) is 23.1 Å². The molecule has 3 rings (SSSR count). The van der Waals surface area contributed by atoms with Crippen molar-refractivity contribution in [3.63, 3.8) is 0 Å². The van der Waals surface area contributed by atoms with Gasteiger partial charge in [-0.15, -0.1) is 0 Å².